The second-order valence-corrected chi connectivity index (χ2v) is 9.02. The van der Waals surface area contributed by atoms with Gasteiger partial charge in [-0.2, -0.15) is 0 Å². The zero-order valence-electron chi connectivity index (χ0n) is 17.2. The van der Waals surface area contributed by atoms with E-state index in [0.29, 0.717) is 11.8 Å². The van der Waals surface area contributed by atoms with Crippen LogP contribution in [-0.4, -0.2) is 28.7 Å². The number of likely N-dealkylation sites (tertiary alicyclic amines) is 1. The van der Waals surface area contributed by atoms with Crippen molar-refractivity contribution in [1.82, 2.24) is 4.90 Å². The number of aryl methyl sites for hydroxylation is 2. The van der Waals surface area contributed by atoms with Crippen LogP contribution in [0.3, 0.4) is 0 Å². The summed E-state index contributed by atoms with van der Waals surface area (Å²) in [6.45, 7) is 5.79. The Bertz CT molecular complexity index is 878. The van der Waals surface area contributed by atoms with E-state index in [2.05, 4.69) is 31.3 Å². The lowest BCUT2D eigenvalue weighted by Crippen LogP contribution is -2.46. The molecule has 3 amide bonds. The van der Waals surface area contributed by atoms with Gasteiger partial charge in [-0.15, -0.1) is 0 Å². The molecule has 0 aromatic heterocycles. The van der Waals surface area contributed by atoms with Crippen LogP contribution in [0.15, 0.2) is 30.4 Å². The average molecular weight is 392 g/mol. The molecular weight excluding hydrogens is 364 g/mol. The van der Waals surface area contributed by atoms with E-state index in [9.17, 15) is 14.4 Å². The third-order valence-electron chi connectivity index (χ3n) is 7.71. The largest absolute Gasteiger partial charge is 0.324 e. The molecule has 0 radical (unpaired) electrons. The zero-order valence-corrected chi connectivity index (χ0v) is 17.2. The van der Waals surface area contributed by atoms with E-state index in [4.69, 9.17) is 0 Å². The third-order valence-corrected chi connectivity index (χ3v) is 7.71. The molecule has 2 bridgehead atoms. The van der Waals surface area contributed by atoms with Crippen molar-refractivity contribution in [3.63, 3.8) is 0 Å². The molecule has 2 saturated carbocycles. The van der Waals surface area contributed by atoms with E-state index in [1.54, 1.807) is 6.92 Å². The van der Waals surface area contributed by atoms with Gasteiger partial charge in [-0.3, -0.25) is 19.3 Å². The van der Waals surface area contributed by atoms with Crippen LogP contribution in [0.4, 0.5) is 5.69 Å². The van der Waals surface area contributed by atoms with Crippen LogP contribution in [0.5, 0.6) is 0 Å². The minimum Gasteiger partial charge on any atom is -0.324 e. The van der Waals surface area contributed by atoms with Gasteiger partial charge in [0.1, 0.15) is 6.04 Å². The Hall–Kier alpha value is -2.43. The van der Waals surface area contributed by atoms with Crippen molar-refractivity contribution in [1.29, 1.82) is 0 Å². The highest BCUT2D eigenvalue weighted by atomic mass is 16.2. The Labute approximate surface area is 171 Å². The molecule has 1 aromatic rings. The molecule has 1 aromatic carbocycles. The predicted octanol–water partition coefficient (Wildman–Crippen LogP) is 3.19. The maximum Gasteiger partial charge on any atom is 0.247 e. The highest BCUT2D eigenvalue weighted by Crippen LogP contribution is 2.65. The monoisotopic (exact) mass is 392 g/mol. The van der Waals surface area contributed by atoms with Gasteiger partial charge >= 0.3 is 0 Å². The molecule has 5 nitrogen and oxygen atoms in total. The van der Waals surface area contributed by atoms with E-state index in [1.165, 1.54) is 4.90 Å². The summed E-state index contributed by atoms with van der Waals surface area (Å²) in [5, 5.41) is 3.04. The molecule has 6 rings (SSSR count). The number of hydrogen-bond donors (Lipinski definition) is 1. The number of para-hydroxylation sites is 1. The number of anilines is 1. The summed E-state index contributed by atoms with van der Waals surface area (Å²) in [6, 6.07) is 5.22. The van der Waals surface area contributed by atoms with E-state index < -0.39 is 6.04 Å². The molecule has 1 heterocycles. The first-order chi connectivity index (χ1) is 14.0. The van der Waals surface area contributed by atoms with E-state index in [-0.39, 0.29) is 41.4 Å². The fraction of sp³-hybridized carbons (Fsp3) is 0.542. The molecule has 1 N–H and O–H groups in total. The fourth-order valence-electron chi connectivity index (χ4n) is 6.11. The summed E-state index contributed by atoms with van der Waals surface area (Å²) >= 11 is 0. The fourth-order valence-corrected chi connectivity index (χ4v) is 6.11. The van der Waals surface area contributed by atoms with Crippen molar-refractivity contribution < 1.29 is 14.4 Å². The standard InChI is InChI=1S/C24H28N2O3/c1-4-13-7-6-8-14(5-2)21(13)25-22(27)12(3)26-23(28)19-15-9-10-16(18-11-17(15)18)20(19)24(26)29/h6-10,12,15-20H,4-5,11H2,1-3H3,(H,25,27)/t12-,15-,16-,17-,18-,19+,20+/m1/s1. The topological polar surface area (TPSA) is 66.5 Å². The van der Waals surface area contributed by atoms with E-state index in [0.717, 1.165) is 36.1 Å². The number of carbonyl (C=O) groups excluding carboxylic acids is 3. The van der Waals surface area contributed by atoms with E-state index >= 15 is 0 Å². The number of amides is 3. The molecule has 0 unspecified atom stereocenters. The van der Waals surface area contributed by atoms with Gasteiger partial charge in [-0.1, -0.05) is 44.2 Å². The van der Waals surface area contributed by atoms with Crippen molar-refractivity contribution in [2.45, 2.75) is 46.1 Å². The molecule has 3 fully saturated rings. The van der Waals surface area contributed by atoms with Gasteiger partial charge in [0.15, 0.2) is 0 Å². The zero-order chi connectivity index (χ0) is 20.4. The molecular formula is C24H28N2O3. The summed E-state index contributed by atoms with van der Waals surface area (Å²) in [5.74, 6) is 0.394. The van der Waals surface area contributed by atoms with Crippen molar-refractivity contribution in [3.05, 3.63) is 41.5 Å². The van der Waals surface area contributed by atoms with Crippen LogP contribution in [0.2, 0.25) is 0 Å². The molecule has 4 aliphatic carbocycles. The Morgan fingerprint density at radius 1 is 1.03 bits per heavy atom. The van der Waals surface area contributed by atoms with Crippen molar-refractivity contribution in [2.24, 2.45) is 35.5 Å². The first kappa shape index (κ1) is 18.6. The van der Waals surface area contributed by atoms with Crippen LogP contribution in [0.25, 0.3) is 0 Å². The highest BCUT2D eigenvalue weighted by molar-refractivity contribution is 6.10. The lowest BCUT2D eigenvalue weighted by Gasteiger charge is -2.37. The summed E-state index contributed by atoms with van der Waals surface area (Å²) in [4.78, 5) is 40.9. The van der Waals surface area contributed by atoms with Crippen LogP contribution in [0, 0.1) is 35.5 Å². The highest BCUT2D eigenvalue weighted by Gasteiger charge is 2.67. The maximum atomic E-state index is 13.2. The SMILES string of the molecule is CCc1cccc(CC)c1NC(=O)[C@@H](C)N1C(=O)[C@H]2[C@@H]3C=C[C@H]([C@H]4C[C@H]34)[C@@H]2C1=O. The molecule has 0 spiro atoms. The van der Waals surface area contributed by atoms with Crippen LogP contribution in [0.1, 0.15) is 38.3 Å². The number of rotatable bonds is 5. The number of carbonyl (C=O) groups is 3. The van der Waals surface area contributed by atoms with Gasteiger partial charge in [-0.25, -0.2) is 0 Å². The van der Waals surface area contributed by atoms with Gasteiger partial charge in [0.05, 0.1) is 11.8 Å². The van der Waals surface area contributed by atoms with Gasteiger partial charge in [0.25, 0.3) is 0 Å². The van der Waals surface area contributed by atoms with Crippen molar-refractivity contribution >= 4 is 23.4 Å². The summed E-state index contributed by atoms with van der Waals surface area (Å²) in [6.07, 6.45) is 7.07. The lowest BCUT2D eigenvalue weighted by atomic mass is 9.63. The molecule has 1 aliphatic heterocycles. The first-order valence-corrected chi connectivity index (χ1v) is 10.9. The predicted molar refractivity (Wildman–Crippen MR) is 110 cm³/mol. The Morgan fingerprint density at radius 2 is 1.55 bits per heavy atom. The molecule has 5 heteroatoms. The minimum absolute atomic E-state index is 0.146. The number of imide groups is 1. The van der Waals surface area contributed by atoms with Gasteiger partial charge in [0.2, 0.25) is 17.7 Å². The molecule has 7 atom stereocenters. The summed E-state index contributed by atoms with van der Waals surface area (Å²) < 4.78 is 0. The quantitative estimate of drug-likeness (QED) is 0.618. The van der Waals surface area contributed by atoms with Crippen LogP contribution >= 0.6 is 0 Å². The van der Waals surface area contributed by atoms with Crippen LogP contribution < -0.4 is 5.32 Å². The number of allylic oxidation sites excluding steroid dienone is 2. The van der Waals surface area contributed by atoms with Crippen LogP contribution in [-0.2, 0) is 27.2 Å². The maximum absolute atomic E-state index is 13.2. The normalized spacial score (nSPS) is 34.8. The third kappa shape index (κ3) is 2.55. The van der Waals surface area contributed by atoms with E-state index in [1.807, 2.05) is 18.2 Å². The van der Waals surface area contributed by atoms with Gasteiger partial charge in [-0.05, 0) is 61.0 Å². The summed E-state index contributed by atoms with van der Waals surface area (Å²) in [5.41, 5.74) is 2.97. The van der Waals surface area contributed by atoms with Crippen molar-refractivity contribution in [2.75, 3.05) is 5.32 Å². The Morgan fingerprint density at radius 3 is 2.03 bits per heavy atom. The molecule has 1 saturated heterocycles. The molecule has 29 heavy (non-hydrogen) atoms. The second kappa shape index (κ2) is 6.54. The summed E-state index contributed by atoms with van der Waals surface area (Å²) in [7, 11) is 0. The Kier molecular flexibility index (Phi) is 4.19. The second-order valence-electron chi connectivity index (χ2n) is 9.02. The molecule has 152 valence electrons. The lowest BCUT2D eigenvalue weighted by molar-refractivity contribution is -0.146. The number of nitrogens with zero attached hydrogens (tertiary/aromatic N) is 1. The molecule has 5 aliphatic rings. The number of hydrogen-bond acceptors (Lipinski definition) is 3. The van der Waals surface area contributed by atoms with Crippen molar-refractivity contribution in [3.8, 4) is 0 Å². The number of nitrogens with one attached hydrogen (secondary N) is 1. The average Bonchev–Trinajstić information content (AvgIpc) is 3.51. The minimum atomic E-state index is -0.800. The number of benzene rings is 1. The smallest absolute Gasteiger partial charge is 0.247 e. The Balaban J connectivity index is 1.39. The van der Waals surface area contributed by atoms with Gasteiger partial charge < -0.3 is 5.32 Å². The first-order valence-electron chi connectivity index (χ1n) is 10.9. The van der Waals surface area contributed by atoms with Gasteiger partial charge in [0, 0.05) is 5.69 Å².